The molecule has 0 bridgehead atoms. The van der Waals surface area contributed by atoms with E-state index in [0.717, 1.165) is 12.7 Å². The van der Waals surface area contributed by atoms with Gasteiger partial charge in [0.25, 0.3) is 0 Å². The lowest BCUT2D eigenvalue weighted by Crippen LogP contribution is -1.88. The van der Waals surface area contributed by atoms with Crippen LogP contribution in [0.3, 0.4) is 0 Å². The lowest BCUT2D eigenvalue weighted by molar-refractivity contribution is -0.107. The Kier molecular flexibility index (Phi) is 4.49. The molecule has 0 N–H and O–H groups in total. The van der Waals surface area contributed by atoms with Gasteiger partial charge in [-0.25, -0.2) is 0 Å². The van der Waals surface area contributed by atoms with E-state index in [1.54, 1.807) is 0 Å². The first kappa shape index (κ1) is 10.4. The Morgan fingerprint density at radius 1 is 1.17 bits per heavy atom. The zero-order valence-corrected chi connectivity index (χ0v) is 10.7. The summed E-state index contributed by atoms with van der Waals surface area (Å²) in [7, 11) is 0. The van der Waals surface area contributed by atoms with E-state index in [9.17, 15) is 4.79 Å². The van der Waals surface area contributed by atoms with E-state index in [0.29, 0.717) is 6.42 Å². The minimum Gasteiger partial charge on any atom is -0.303 e. The van der Waals surface area contributed by atoms with Crippen LogP contribution in [0, 0.1) is 7.14 Å². The van der Waals surface area contributed by atoms with Crippen molar-refractivity contribution in [2.75, 3.05) is 0 Å². The summed E-state index contributed by atoms with van der Waals surface area (Å²) in [5.41, 5.74) is 1.25. The Balaban J connectivity index is 2.78. The molecule has 1 aromatic rings. The number of aldehydes is 1. The van der Waals surface area contributed by atoms with Crippen molar-refractivity contribution in [3.63, 3.8) is 0 Å². The van der Waals surface area contributed by atoms with Gasteiger partial charge in [0.05, 0.1) is 0 Å². The Labute approximate surface area is 99.2 Å². The molecule has 0 saturated heterocycles. The maximum Gasteiger partial charge on any atom is 0.120 e. The van der Waals surface area contributed by atoms with Gasteiger partial charge in [-0.3, -0.25) is 0 Å². The highest BCUT2D eigenvalue weighted by atomic mass is 127. The summed E-state index contributed by atoms with van der Waals surface area (Å²) in [6.45, 7) is 0. The molecule has 0 unspecified atom stereocenters. The molecular formula is C9H8I2O. The average Bonchev–Trinajstić information content (AvgIpc) is 1.99. The van der Waals surface area contributed by atoms with Crippen molar-refractivity contribution in [2.45, 2.75) is 12.8 Å². The topological polar surface area (TPSA) is 17.1 Å². The lowest BCUT2D eigenvalue weighted by Gasteiger charge is -1.99. The van der Waals surface area contributed by atoms with Crippen LogP contribution < -0.4 is 0 Å². The van der Waals surface area contributed by atoms with Crippen LogP contribution in [0.25, 0.3) is 0 Å². The number of hydrogen-bond acceptors (Lipinski definition) is 1. The monoisotopic (exact) mass is 386 g/mol. The molecule has 1 nitrogen and oxygen atoms in total. The van der Waals surface area contributed by atoms with Crippen molar-refractivity contribution in [2.24, 2.45) is 0 Å². The summed E-state index contributed by atoms with van der Waals surface area (Å²) in [5.74, 6) is 0. The second-order valence-electron chi connectivity index (χ2n) is 2.48. The van der Waals surface area contributed by atoms with Crippen LogP contribution in [0.2, 0.25) is 0 Å². The predicted molar refractivity (Wildman–Crippen MR) is 66.3 cm³/mol. The van der Waals surface area contributed by atoms with Crippen molar-refractivity contribution >= 4 is 51.5 Å². The Hall–Kier alpha value is 0.350. The van der Waals surface area contributed by atoms with Crippen LogP contribution in [0.1, 0.15) is 12.0 Å². The first-order valence-electron chi connectivity index (χ1n) is 3.61. The Morgan fingerprint density at radius 2 is 1.75 bits per heavy atom. The molecule has 0 spiro atoms. The van der Waals surface area contributed by atoms with Gasteiger partial charge < -0.3 is 4.79 Å². The molecule has 0 heterocycles. The van der Waals surface area contributed by atoms with Crippen LogP contribution in [-0.2, 0) is 11.2 Å². The maximum absolute atomic E-state index is 10.1. The summed E-state index contributed by atoms with van der Waals surface area (Å²) in [5, 5.41) is 0. The highest BCUT2D eigenvalue weighted by Crippen LogP contribution is 2.15. The summed E-state index contributed by atoms with van der Waals surface area (Å²) in [6, 6.07) is 6.35. The van der Waals surface area contributed by atoms with E-state index >= 15 is 0 Å². The second-order valence-corrected chi connectivity index (χ2v) is 4.97. The minimum atomic E-state index is 0.621. The fourth-order valence-corrected chi connectivity index (χ4v) is 3.05. The quantitative estimate of drug-likeness (QED) is 0.577. The molecule has 0 aliphatic heterocycles. The summed E-state index contributed by atoms with van der Waals surface area (Å²) < 4.78 is 2.47. The van der Waals surface area contributed by atoms with E-state index in [1.165, 1.54) is 12.7 Å². The third-order valence-corrected chi connectivity index (χ3v) is 2.72. The molecule has 1 rings (SSSR count). The Morgan fingerprint density at radius 3 is 2.25 bits per heavy atom. The minimum absolute atomic E-state index is 0.621. The summed E-state index contributed by atoms with van der Waals surface area (Å²) in [4.78, 5) is 10.1. The molecule has 0 radical (unpaired) electrons. The van der Waals surface area contributed by atoms with Crippen molar-refractivity contribution in [3.05, 3.63) is 30.9 Å². The van der Waals surface area contributed by atoms with Crippen molar-refractivity contribution < 1.29 is 4.79 Å². The van der Waals surface area contributed by atoms with Crippen LogP contribution in [-0.4, -0.2) is 6.29 Å². The van der Waals surface area contributed by atoms with E-state index in [2.05, 4.69) is 63.4 Å². The molecule has 0 amide bonds. The van der Waals surface area contributed by atoms with Gasteiger partial charge in [-0.1, -0.05) is 0 Å². The second kappa shape index (κ2) is 5.16. The zero-order valence-electron chi connectivity index (χ0n) is 6.39. The highest BCUT2D eigenvalue weighted by Gasteiger charge is 1.96. The first-order valence-corrected chi connectivity index (χ1v) is 5.77. The zero-order chi connectivity index (χ0) is 8.97. The molecule has 1 aromatic carbocycles. The van der Waals surface area contributed by atoms with Gasteiger partial charge in [0.2, 0.25) is 0 Å². The van der Waals surface area contributed by atoms with Crippen LogP contribution in [0.5, 0.6) is 0 Å². The molecule has 0 aliphatic carbocycles. The average molecular weight is 386 g/mol. The summed E-state index contributed by atoms with van der Waals surface area (Å²) >= 11 is 4.58. The molecule has 0 aliphatic rings. The first-order chi connectivity index (χ1) is 5.72. The molecule has 12 heavy (non-hydrogen) atoms. The number of carbonyl (C=O) groups excluding carboxylic acids is 1. The van der Waals surface area contributed by atoms with E-state index in [1.807, 2.05) is 0 Å². The van der Waals surface area contributed by atoms with E-state index in [-0.39, 0.29) is 0 Å². The molecule has 0 atom stereocenters. The van der Waals surface area contributed by atoms with Gasteiger partial charge in [0, 0.05) is 13.6 Å². The van der Waals surface area contributed by atoms with Gasteiger partial charge >= 0.3 is 0 Å². The van der Waals surface area contributed by atoms with E-state index < -0.39 is 0 Å². The molecule has 0 fully saturated rings. The number of benzene rings is 1. The van der Waals surface area contributed by atoms with E-state index in [4.69, 9.17) is 0 Å². The number of carbonyl (C=O) groups is 1. The van der Waals surface area contributed by atoms with Gasteiger partial charge in [0.1, 0.15) is 6.29 Å². The van der Waals surface area contributed by atoms with Gasteiger partial charge in [-0.2, -0.15) is 0 Å². The molecule has 64 valence electrons. The standard InChI is InChI=1S/C9H8I2O/c10-8-4-7(2-1-3-12)5-9(11)6-8/h3-6H,1-2H2. The smallest absolute Gasteiger partial charge is 0.120 e. The van der Waals surface area contributed by atoms with Gasteiger partial charge in [-0.05, 0) is 75.4 Å². The number of hydrogen-bond donors (Lipinski definition) is 0. The summed E-state index contributed by atoms with van der Waals surface area (Å²) in [6.07, 6.45) is 2.44. The fourth-order valence-electron chi connectivity index (χ4n) is 0.981. The molecule has 3 heteroatoms. The van der Waals surface area contributed by atoms with Crippen molar-refractivity contribution in [3.8, 4) is 0 Å². The largest absolute Gasteiger partial charge is 0.303 e. The number of halogens is 2. The van der Waals surface area contributed by atoms with Gasteiger partial charge in [-0.15, -0.1) is 0 Å². The SMILES string of the molecule is O=CCCc1cc(I)cc(I)c1. The van der Waals surface area contributed by atoms with Crippen LogP contribution in [0.15, 0.2) is 18.2 Å². The lowest BCUT2D eigenvalue weighted by atomic mass is 10.1. The third-order valence-electron chi connectivity index (χ3n) is 1.47. The molecular weight excluding hydrogens is 378 g/mol. The highest BCUT2D eigenvalue weighted by molar-refractivity contribution is 14.1. The predicted octanol–water partition coefficient (Wildman–Crippen LogP) is 3.03. The Bertz CT molecular complexity index is 264. The number of aryl methyl sites for hydroxylation is 1. The van der Waals surface area contributed by atoms with Gasteiger partial charge in [0.15, 0.2) is 0 Å². The van der Waals surface area contributed by atoms with Crippen molar-refractivity contribution in [1.29, 1.82) is 0 Å². The molecule has 0 aromatic heterocycles. The fraction of sp³-hybridized carbons (Fsp3) is 0.222. The normalized spacial score (nSPS) is 9.83. The van der Waals surface area contributed by atoms with Crippen molar-refractivity contribution in [1.82, 2.24) is 0 Å². The van der Waals surface area contributed by atoms with Crippen LogP contribution >= 0.6 is 45.2 Å². The maximum atomic E-state index is 10.1. The number of rotatable bonds is 3. The third kappa shape index (κ3) is 3.38. The van der Waals surface area contributed by atoms with Crippen LogP contribution in [0.4, 0.5) is 0 Å². The molecule has 0 saturated carbocycles.